The fraction of sp³-hybridized carbons (Fsp3) is 0.364. The molecule has 0 amide bonds. The Kier molecular flexibility index (Phi) is 6.24. The van der Waals surface area contributed by atoms with E-state index in [4.69, 9.17) is 5.73 Å². The van der Waals surface area contributed by atoms with Gasteiger partial charge in [-0.25, -0.2) is 4.39 Å². The lowest BCUT2D eigenvalue weighted by molar-refractivity contribution is -0.141. The van der Waals surface area contributed by atoms with Gasteiger partial charge in [0.1, 0.15) is 5.82 Å². The summed E-state index contributed by atoms with van der Waals surface area (Å²) in [6.07, 6.45) is -5.19. The Bertz CT molecular complexity index is 451. The van der Waals surface area contributed by atoms with Crippen molar-refractivity contribution in [1.82, 2.24) is 0 Å². The molecule has 0 saturated heterocycles. The molecule has 108 valence electrons. The molecule has 19 heavy (non-hydrogen) atoms. The highest BCUT2D eigenvalue weighted by Crippen LogP contribution is 2.33. The summed E-state index contributed by atoms with van der Waals surface area (Å²) in [6.45, 7) is 0. The quantitative estimate of drug-likeness (QED) is 0.690. The van der Waals surface area contributed by atoms with Crippen molar-refractivity contribution in [2.45, 2.75) is 18.6 Å². The zero-order valence-corrected chi connectivity index (χ0v) is 10.6. The molecule has 1 rings (SSSR count). The van der Waals surface area contributed by atoms with Gasteiger partial charge < -0.3 is 10.5 Å². The number of nitrogens with two attached hydrogens (primary N) is 1. The minimum Gasteiger partial charge on any atom is -0.469 e. The molecule has 3 nitrogen and oxygen atoms in total. The van der Waals surface area contributed by atoms with Crippen molar-refractivity contribution < 1.29 is 27.1 Å². The molecule has 0 spiro atoms. The largest absolute Gasteiger partial charge is 0.469 e. The Balaban J connectivity index is 0.00000324. The second kappa shape index (κ2) is 6.72. The molecule has 1 aromatic rings. The minimum absolute atomic E-state index is 0. The van der Waals surface area contributed by atoms with Crippen molar-refractivity contribution in [3.63, 3.8) is 0 Å². The number of rotatable bonds is 3. The molecule has 0 unspecified atom stereocenters. The van der Waals surface area contributed by atoms with Gasteiger partial charge in [0.25, 0.3) is 0 Å². The average molecular weight is 302 g/mol. The Morgan fingerprint density at radius 1 is 1.42 bits per heavy atom. The molecule has 0 bridgehead atoms. The van der Waals surface area contributed by atoms with Crippen LogP contribution in [0.4, 0.5) is 17.6 Å². The lowest BCUT2D eigenvalue weighted by Crippen LogP contribution is -2.19. The predicted molar refractivity (Wildman–Crippen MR) is 62.2 cm³/mol. The zero-order chi connectivity index (χ0) is 13.9. The molecule has 0 aliphatic carbocycles. The summed E-state index contributed by atoms with van der Waals surface area (Å²) in [6, 6.07) is 1.58. The highest BCUT2D eigenvalue weighted by atomic mass is 35.5. The van der Waals surface area contributed by atoms with Crippen molar-refractivity contribution in [1.29, 1.82) is 0 Å². The second-order valence-electron chi connectivity index (χ2n) is 3.59. The van der Waals surface area contributed by atoms with E-state index in [1.165, 1.54) is 0 Å². The molecule has 1 atom stereocenters. The van der Waals surface area contributed by atoms with Crippen LogP contribution in [0.3, 0.4) is 0 Å². The summed E-state index contributed by atoms with van der Waals surface area (Å²) >= 11 is 0. The predicted octanol–water partition coefficient (Wildman–Crippen LogP) is 2.83. The maximum Gasteiger partial charge on any atom is 0.419 e. The Morgan fingerprint density at radius 3 is 2.47 bits per heavy atom. The van der Waals surface area contributed by atoms with E-state index in [-0.39, 0.29) is 18.0 Å². The molecular weight excluding hydrogens is 290 g/mol. The SMILES string of the molecule is COC(=O)C[C@H](N)c1cccc(C(F)(F)F)c1F.Cl. The number of ether oxygens (including phenoxy) is 1. The fourth-order valence-corrected chi connectivity index (χ4v) is 1.43. The van der Waals surface area contributed by atoms with Gasteiger partial charge in [-0.15, -0.1) is 12.4 Å². The molecule has 1 aromatic carbocycles. The maximum absolute atomic E-state index is 13.6. The molecule has 0 radical (unpaired) electrons. The van der Waals surface area contributed by atoms with Crippen molar-refractivity contribution in [3.8, 4) is 0 Å². The van der Waals surface area contributed by atoms with Crippen molar-refractivity contribution in [3.05, 3.63) is 35.1 Å². The van der Waals surface area contributed by atoms with E-state index in [1.54, 1.807) is 0 Å². The Morgan fingerprint density at radius 2 is 2.00 bits per heavy atom. The highest BCUT2D eigenvalue weighted by molar-refractivity contribution is 5.85. The molecule has 0 aliphatic rings. The summed E-state index contributed by atoms with van der Waals surface area (Å²) < 4.78 is 55.3. The first-order valence-electron chi connectivity index (χ1n) is 4.95. The van der Waals surface area contributed by atoms with Crippen molar-refractivity contribution in [2.24, 2.45) is 5.73 Å². The molecule has 0 saturated carbocycles. The maximum atomic E-state index is 13.6. The molecule has 0 fully saturated rings. The Hall–Kier alpha value is -1.34. The van der Waals surface area contributed by atoms with E-state index in [2.05, 4.69) is 4.74 Å². The van der Waals surface area contributed by atoms with Crippen LogP contribution in [-0.4, -0.2) is 13.1 Å². The van der Waals surface area contributed by atoms with E-state index in [1.807, 2.05) is 0 Å². The number of halogens is 5. The Labute approximate surface area is 113 Å². The van der Waals surface area contributed by atoms with E-state index >= 15 is 0 Å². The van der Waals surface area contributed by atoms with Crippen molar-refractivity contribution in [2.75, 3.05) is 7.11 Å². The number of carbonyl (C=O) groups is 1. The van der Waals surface area contributed by atoms with Crippen LogP contribution < -0.4 is 5.73 Å². The van der Waals surface area contributed by atoms with Gasteiger partial charge in [0.2, 0.25) is 0 Å². The number of benzene rings is 1. The smallest absolute Gasteiger partial charge is 0.419 e. The van der Waals surface area contributed by atoms with Crippen LogP contribution in [0.2, 0.25) is 0 Å². The van der Waals surface area contributed by atoms with Crippen LogP contribution in [0, 0.1) is 5.82 Å². The first kappa shape index (κ1) is 17.7. The van der Waals surface area contributed by atoms with E-state index in [0.29, 0.717) is 6.07 Å². The highest BCUT2D eigenvalue weighted by Gasteiger charge is 2.35. The topological polar surface area (TPSA) is 52.3 Å². The summed E-state index contributed by atoms with van der Waals surface area (Å²) in [5.74, 6) is -2.18. The van der Waals surface area contributed by atoms with E-state index in [9.17, 15) is 22.4 Å². The van der Waals surface area contributed by atoms with Gasteiger partial charge in [-0.3, -0.25) is 4.79 Å². The number of alkyl halides is 3. The van der Waals surface area contributed by atoms with Gasteiger partial charge in [0, 0.05) is 11.6 Å². The number of hydrogen-bond acceptors (Lipinski definition) is 3. The summed E-state index contributed by atoms with van der Waals surface area (Å²) in [5, 5.41) is 0. The molecule has 0 heterocycles. The fourth-order valence-electron chi connectivity index (χ4n) is 1.43. The number of hydrogen-bond donors (Lipinski definition) is 1. The van der Waals surface area contributed by atoms with Gasteiger partial charge in [-0.1, -0.05) is 12.1 Å². The third-order valence-corrected chi connectivity index (χ3v) is 2.35. The van der Waals surface area contributed by atoms with Crippen LogP contribution in [0.5, 0.6) is 0 Å². The van der Waals surface area contributed by atoms with Crippen LogP contribution in [0.25, 0.3) is 0 Å². The summed E-state index contributed by atoms with van der Waals surface area (Å²) in [7, 11) is 1.11. The standard InChI is InChI=1S/C11H11F4NO2.ClH/c1-18-9(17)5-8(16)6-3-2-4-7(10(6)12)11(13,14)15;/h2-4,8H,5,16H2,1H3;1H/t8-;/m0./s1. The van der Waals surface area contributed by atoms with Gasteiger partial charge in [-0.05, 0) is 6.07 Å². The van der Waals surface area contributed by atoms with Crippen LogP contribution in [0.15, 0.2) is 18.2 Å². The number of methoxy groups -OCH3 is 1. The molecule has 8 heteroatoms. The molecule has 2 N–H and O–H groups in total. The summed E-state index contributed by atoms with van der Waals surface area (Å²) in [4.78, 5) is 10.9. The van der Waals surface area contributed by atoms with Crippen LogP contribution in [0.1, 0.15) is 23.6 Å². The molecule has 0 aliphatic heterocycles. The third-order valence-electron chi connectivity index (χ3n) is 2.35. The average Bonchev–Trinajstić information content (AvgIpc) is 2.27. The van der Waals surface area contributed by atoms with Crippen LogP contribution >= 0.6 is 12.4 Å². The lowest BCUT2D eigenvalue weighted by Gasteiger charge is -2.15. The summed E-state index contributed by atoms with van der Waals surface area (Å²) in [5.41, 5.74) is 3.71. The lowest BCUT2D eigenvalue weighted by atomic mass is 10.0. The van der Waals surface area contributed by atoms with E-state index < -0.39 is 36.0 Å². The number of carbonyl (C=O) groups excluding carboxylic acids is 1. The second-order valence-corrected chi connectivity index (χ2v) is 3.59. The number of esters is 1. The third kappa shape index (κ3) is 4.36. The zero-order valence-electron chi connectivity index (χ0n) is 9.83. The van der Waals surface area contributed by atoms with Gasteiger partial charge in [0.15, 0.2) is 0 Å². The normalized spacial score (nSPS) is 12.5. The van der Waals surface area contributed by atoms with Crippen LogP contribution in [-0.2, 0) is 15.7 Å². The first-order chi connectivity index (χ1) is 8.27. The minimum atomic E-state index is -4.80. The van der Waals surface area contributed by atoms with E-state index in [0.717, 1.165) is 19.2 Å². The van der Waals surface area contributed by atoms with Crippen molar-refractivity contribution >= 4 is 18.4 Å². The van der Waals surface area contributed by atoms with Gasteiger partial charge in [0.05, 0.1) is 19.1 Å². The molecular formula is C11H12ClF4NO2. The first-order valence-corrected chi connectivity index (χ1v) is 4.95. The van der Waals surface area contributed by atoms with Gasteiger partial charge in [-0.2, -0.15) is 13.2 Å². The molecule has 0 aromatic heterocycles. The monoisotopic (exact) mass is 301 g/mol. The van der Waals surface area contributed by atoms with Gasteiger partial charge >= 0.3 is 12.1 Å².